The van der Waals surface area contributed by atoms with E-state index < -0.39 is 0 Å². The lowest BCUT2D eigenvalue weighted by molar-refractivity contribution is 0.112. The van der Waals surface area contributed by atoms with E-state index in [0.29, 0.717) is 17.3 Å². The fourth-order valence-corrected chi connectivity index (χ4v) is 6.86. The summed E-state index contributed by atoms with van der Waals surface area (Å²) in [4.78, 5) is 0. The van der Waals surface area contributed by atoms with Gasteiger partial charge < -0.3 is 5.11 Å². The molecule has 3 aliphatic carbocycles. The molecule has 3 fully saturated rings. The molecule has 0 spiro atoms. The summed E-state index contributed by atoms with van der Waals surface area (Å²) in [5.41, 5.74) is 4.61. The fraction of sp³-hybridized carbons (Fsp3) is 0.724. The maximum absolute atomic E-state index is 10.0. The van der Waals surface area contributed by atoms with Crippen LogP contribution in [0.15, 0.2) is 47.6 Å². The third-order valence-corrected chi connectivity index (χ3v) is 8.45. The molecule has 1 heteroatoms. The van der Waals surface area contributed by atoms with Gasteiger partial charge >= 0.3 is 0 Å². The Kier molecular flexibility index (Phi) is 7.88. The van der Waals surface area contributed by atoms with E-state index in [1.54, 1.807) is 5.57 Å². The Balaban J connectivity index is 1.72. The fourth-order valence-electron chi connectivity index (χ4n) is 6.86. The summed E-state index contributed by atoms with van der Waals surface area (Å²) in [7, 11) is 0. The normalized spacial score (nSPS) is 37.3. The molecule has 0 saturated heterocycles. The van der Waals surface area contributed by atoms with Gasteiger partial charge in [0.2, 0.25) is 0 Å². The van der Waals surface area contributed by atoms with Gasteiger partial charge in [0.1, 0.15) is 0 Å². The van der Waals surface area contributed by atoms with Crippen LogP contribution in [0.1, 0.15) is 92.4 Å². The number of aliphatic hydroxyl groups is 1. The molecule has 1 nitrogen and oxygen atoms in total. The van der Waals surface area contributed by atoms with Gasteiger partial charge in [0.15, 0.2) is 0 Å². The van der Waals surface area contributed by atoms with Crippen LogP contribution in [0.3, 0.4) is 0 Å². The average molecular weight is 411 g/mol. The molecule has 1 N–H and O–H groups in total. The Morgan fingerprint density at radius 3 is 2.57 bits per heavy atom. The van der Waals surface area contributed by atoms with E-state index in [4.69, 9.17) is 0 Å². The van der Waals surface area contributed by atoms with Crippen molar-refractivity contribution >= 4 is 0 Å². The first-order valence-electron chi connectivity index (χ1n) is 12.6. The Morgan fingerprint density at radius 1 is 1.07 bits per heavy atom. The number of fused-ring (bicyclic) bond motifs is 1. The van der Waals surface area contributed by atoms with Crippen LogP contribution in [-0.2, 0) is 0 Å². The van der Waals surface area contributed by atoms with Gasteiger partial charge in [0.05, 0.1) is 6.10 Å². The summed E-state index contributed by atoms with van der Waals surface area (Å²) in [6.07, 6.45) is 20.1. The molecule has 3 rings (SSSR count). The summed E-state index contributed by atoms with van der Waals surface area (Å²) < 4.78 is 0. The van der Waals surface area contributed by atoms with Gasteiger partial charge in [-0.3, -0.25) is 0 Å². The van der Waals surface area contributed by atoms with Crippen LogP contribution in [0.25, 0.3) is 0 Å². The van der Waals surface area contributed by atoms with Crippen molar-refractivity contribution in [3.05, 3.63) is 47.6 Å². The lowest BCUT2D eigenvalue weighted by Gasteiger charge is -2.44. The highest BCUT2D eigenvalue weighted by molar-refractivity contribution is 5.36. The van der Waals surface area contributed by atoms with E-state index >= 15 is 0 Å². The molecule has 6 atom stereocenters. The maximum atomic E-state index is 10.0. The SMILES string of the molecule is C=C1CC[C@H](O)C/C1=C/C=C1\CCC[C@]2(C)[C@@H]([C@H](C)/C=C/[C@H](C)CC(C)C)CC[C@@H]12. The number of allylic oxidation sites excluding steroid dienone is 6. The molecule has 3 saturated carbocycles. The number of hydrogen-bond donors (Lipinski definition) is 1. The summed E-state index contributed by atoms with van der Waals surface area (Å²) in [6, 6.07) is 0. The van der Waals surface area contributed by atoms with Gasteiger partial charge in [0.25, 0.3) is 0 Å². The first-order chi connectivity index (χ1) is 14.2. The summed E-state index contributed by atoms with van der Waals surface area (Å²) in [5.74, 6) is 3.66. The minimum atomic E-state index is -0.182. The van der Waals surface area contributed by atoms with E-state index in [-0.39, 0.29) is 6.10 Å². The van der Waals surface area contributed by atoms with Crippen LogP contribution in [0, 0.1) is 35.0 Å². The van der Waals surface area contributed by atoms with Gasteiger partial charge in [-0.1, -0.05) is 76.6 Å². The molecule has 3 aliphatic rings. The van der Waals surface area contributed by atoms with E-state index in [9.17, 15) is 5.11 Å². The van der Waals surface area contributed by atoms with E-state index in [1.165, 1.54) is 49.7 Å². The van der Waals surface area contributed by atoms with Crippen molar-refractivity contribution in [2.75, 3.05) is 0 Å². The Morgan fingerprint density at radius 2 is 1.83 bits per heavy atom. The molecule has 0 aromatic carbocycles. The Labute approximate surface area is 186 Å². The van der Waals surface area contributed by atoms with Crippen molar-refractivity contribution in [2.24, 2.45) is 35.0 Å². The van der Waals surface area contributed by atoms with Crippen molar-refractivity contribution in [1.29, 1.82) is 0 Å². The van der Waals surface area contributed by atoms with Crippen LogP contribution in [0.5, 0.6) is 0 Å². The molecule has 0 aromatic rings. The highest BCUT2D eigenvalue weighted by Crippen LogP contribution is 2.59. The molecule has 0 aliphatic heterocycles. The number of hydrogen-bond acceptors (Lipinski definition) is 1. The van der Waals surface area contributed by atoms with Crippen LogP contribution in [0.2, 0.25) is 0 Å². The standard InChI is InChI=1S/C29H46O/c1-20(2)18-21(3)9-10-23(5)27-15-16-28-24(8-7-17-29(27,28)6)12-13-25-19-26(30)14-11-22(25)4/h9-10,12-13,20-21,23,26-28,30H,4,7-8,11,14-19H2,1-3,5-6H3/b10-9+,24-12+,25-13-/t21-,23+,26-,27+,28-,29+/m0/s1. The number of aliphatic hydroxyl groups excluding tert-OH is 1. The van der Waals surface area contributed by atoms with Crippen LogP contribution in [0.4, 0.5) is 0 Å². The van der Waals surface area contributed by atoms with Crippen molar-refractivity contribution in [1.82, 2.24) is 0 Å². The molecule has 0 aromatic heterocycles. The number of rotatable bonds is 6. The minimum absolute atomic E-state index is 0.182. The van der Waals surface area contributed by atoms with Crippen molar-refractivity contribution in [2.45, 2.75) is 98.5 Å². The predicted octanol–water partition coefficient (Wildman–Crippen LogP) is 8.03. The molecule has 30 heavy (non-hydrogen) atoms. The second kappa shape index (κ2) is 10.0. The second-order valence-electron chi connectivity index (χ2n) is 11.4. The van der Waals surface area contributed by atoms with Crippen molar-refractivity contribution in [3.8, 4) is 0 Å². The monoisotopic (exact) mass is 410 g/mol. The third-order valence-electron chi connectivity index (χ3n) is 8.45. The highest BCUT2D eigenvalue weighted by atomic mass is 16.3. The minimum Gasteiger partial charge on any atom is -0.393 e. The summed E-state index contributed by atoms with van der Waals surface area (Å²) in [6.45, 7) is 16.3. The Bertz CT molecular complexity index is 693. The molecule has 0 unspecified atom stereocenters. The quantitative estimate of drug-likeness (QED) is 0.439. The third kappa shape index (κ3) is 5.39. The topological polar surface area (TPSA) is 20.2 Å². The molecule has 168 valence electrons. The predicted molar refractivity (Wildman–Crippen MR) is 130 cm³/mol. The lowest BCUT2D eigenvalue weighted by Crippen LogP contribution is -2.35. The van der Waals surface area contributed by atoms with Gasteiger partial charge in [-0.25, -0.2) is 0 Å². The smallest absolute Gasteiger partial charge is 0.0583 e. The molecule has 0 bridgehead atoms. The van der Waals surface area contributed by atoms with Crippen molar-refractivity contribution in [3.63, 3.8) is 0 Å². The molecule has 0 amide bonds. The first-order valence-corrected chi connectivity index (χ1v) is 12.6. The van der Waals surface area contributed by atoms with Gasteiger partial charge in [-0.05, 0) is 98.4 Å². The van der Waals surface area contributed by atoms with Gasteiger partial charge in [-0.2, -0.15) is 0 Å². The zero-order valence-electron chi connectivity index (χ0n) is 20.3. The molecular weight excluding hydrogens is 364 g/mol. The lowest BCUT2D eigenvalue weighted by atomic mass is 9.61. The van der Waals surface area contributed by atoms with Crippen LogP contribution < -0.4 is 0 Å². The van der Waals surface area contributed by atoms with Crippen LogP contribution >= 0.6 is 0 Å². The van der Waals surface area contributed by atoms with Crippen LogP contribution in [-0.4, -0.2) is 11.2 Å². The first kappa shape index (κ1) is 23.6. The van der Waals surface area contributed by atoms with Crippen molar-refractivity contribution < 1.29 is 5.11 Å². The molecule has 0 heterocycles. The Hall–Kier alpha value is -1.08. The largest absolute Gasteiger partial charge is 0.393 e. The van der Waals surface area contributed by atoms with Gasteiger partial charge in [-0.15, -0.1) is 0 Å². The molecular formula is C29H46O. The summed E-state index contributed by atoms with van der Waals surface area (Å²) in [5, 5.41) is 10.0. The van der Waals surface area contributed by atoms with E-state index in [1.807, 2.05) is 0 Å². The van der Waals surface area contributed by atoms with Gasteiger partial charge in [0, 0.05) is 0 Å². The zero-order chi connectivity index (χ0) is 21.9. The highest BCUT2D eigenvalue weighted by Gasteiger charge is 2.50. The second-order valence-corrected chi connectivity index (χ2v) is 11.4. The van der Waals surface area contributed by atoms with E-state index in [2.05, 4.69) is 65.5 Å². The van der Waals surface area contributed by atoms with E-state index in [0.717, 1.165) is 37.0 Å². The summed E-state index contributed by atoms with van der Waals surface area (Å²) >= 11 is 0. The zero-order valence-corrected chi connectivity index (χ0v) is 20.3. The maximum Gasteiger partial charge on any atom is 0.0583 e. The average Bonchev–Trinajstić information content (AvgIpc) is 3.04. The molecule has 0 radical (unpaired) electrons.